The van der Waals surface area contributed by atoms with Crippen LogP contribution in [0.4, 0.5) is 18.9 Å². The molecular formula is C18H16F3N3O5. The highest BCUT2D eigenvalue weighted by molar-refractivity contribution is 5.96. The summed E-state index contributed by atoms with van der Waals surface area (Å²) in [5.74, 6) is -1.11. The van der Waals surface area contributed by atoms with Crippen LogP contribution in [0.15, 0.2) is 48.5 Å². The Bertz CT molecular complexity index is 885. The Hall–Kier alpha value is -3.63. The third-order valence-electron chi connectivity index (χ3n) is 3.54. The summed E-state index contributed by atoms with van der Waals surface area (Å²) in [7, 11) is 0. The van der Waals surface area contributed by atoms with Gasteiger partial charge in [-0.1, -0.05) is 18.2 Å². The molecule has 0 aliphatic heterocycles. The van der Waals surface area contributed by atoms with E-state index in [0.29, 0.717) is 5.56 Å². The number of carbonyl (C=O) groups excluding carboxylic acids is 2. The molecule has 2 amide bonds. The summed E-state index contributed by atoms with van der Waals surface area (Å²) in [5, 5.41) is 15.6. The fraction of sp³-hybridized carbons (Fsp3) is 0.222. The second kappa shape index (κ2) is 9.53. The van der Waals surface area contributed by atoms with Crippen LogP contribution in [0.25, 0.3) is 0 Å². The summed E-state index contributed by atoms with van der Waals surface area (Å²) in [6.07, 6.45) is -4.43. The lowest BCUT2D eigenvalue weighted by atomic mass is 10.2. The van der Waals surface area contributed by atoms with Gasteiger partial charge in [0.05, 0.1) is 11.5 Å². The molecule has 2 aromatic rings. The largest absolute Gasteiger partial charge is 0.484 e. The Morgan fingerprint density at radius 3 is 2.38 bits per heavy atom. The van der Waals surface area contributed by atoms with E-state index in [2.05, 4.69) is 15.4 Å². The first-order valence-corrected chi connectivity index (χ1v) is 8.22. The first-order chi connectivity index (χ1) is 13.6. The van der Waals surface area contributed by atoms with Gasteiger partial charge in [0.15, 0.2) is 6.61 Å². The smallest absolute Gasteiger partial charge is 0.422 e. The summed E-state index contributed by atoms with van der Waals surface area (Å²) in [6, 6.07) is 10.7. The fourth-order valence-corrected chi connectivity index (χ4v) is 2.16. The van der Waals surface area contributed by atoms with Crippen molar-refractivity contribution in [2.24, 2.45) is 0 Å². The van der Waals surface area contributed by atoms with E-state index >= 15 is 0 Å². The molecule has 0 aliphatic carbocycles. The zero-order valence-electron chi connectivity index (χ0n) is 14.9. The first-order valence-electron chi connectivity index (χ1n) is 8.22. The monoisotopic (exact) mass is 411 g/mol. The predicted molar refractivity (Wildman–Crippen MR) is 95.3 cm³/mol. The average Bonchev–Trinajstić information content (AvgIpc) is 2.69. The molecule has 0 radical (unpaired) electrons. The molecule has 0 aliphatic rings. The molecule has 2 aromatic carbocycles. The second-order valence-corrected chi connectivity index (χ2v) is 5.81. The number of non-ortho nitro benzene ring substituents is 1. The van der Waals surface area contributed by atoms with E-state index in [0.717, 1.165) is 6.07 Å². The number of amides is 2. The lowest BCUT2D eigenvalue weighted by Gasteiger charge is -2.10. The van der Waals surface area contributed by atoms with Crippen LogP contribution in [0.2, 0.25) is 0 Å². The highest BCUT2D eigenvalue weighted by Crippen LogP contribution is 2.18. The van der Waals surface area contributed by atoms with E-state index in [1.807, 2.05) is 0 Å². The normalized spacial score (nSPS) is 10.9. The van der Waals surface area contributed by atoms with Gasteiger partial charge in [-0.3, -0.25) is 19.7 Å². The number of ether oxygens (including phenoxy) is 1. The number of alkyl halides is 3. The molecule has 2 N–H and O–H groups in total. The number of hydrogen-bond donors (Lipinski definition) is 2. The Morgan fingerprint density at radius 1 is 1.07 bits per heavy atom. The summed E-state index contributed by atoms with van der Waals surface area (Å²) < 4.78 is 40.9. The number of rotatable bonds is 8. The zero-order valence-corrected chi connectivity index (χ0v) is 14.9. The lowest BCUT2D eigenvalue weighted by molar-refractivity contribution is -0.384. The zero-order chi connectivity index (χ0) is 21.4. The van der Waals surface area contributed by atoms with Crippen LogP contribution in [-0.2, 0) is 11.3 Å². The van der Waals surface area contributed by atoms with Gasteiger partial charge in [-0.15, -0.1) is 0 Å². The molecule has 0 fully saturated rings. The molecule has 0 bridgehead atoms. The Balaban J connectivity index is 1.77. The number of nitro groups is 1. The Kier molecular flexibility index (Phi) is 7.12. The lowest BCUT2D eigenvalue weighted by Crippen LogP contribution is -2.36. The number of nitro benzene ring substituents is 1. The van der Waals surface area contributed by atoms with E-state index in [-0.39, 0.29) is 30.1 Å². The van der Waals surface area contributed by atoms with Crippen molar-refractivity contribution in [3.63, 3.8) is 0 Å². The summed E-state index contributed by atoms with van der Waals surface area (Å²) in [5.41, 5.74) is 0.411. The van der Waals surface area contributed by atoms with Crippen molar-refractivity contribution in [3.8, 4) is 5.75 Å². The molecule has 8 nitrogen and oxygen atoms in total. The average molecular weight is 411 g/mol. The maximum atomic E-state index is 12.1. The summed E-state index contributed by atoms with van der Waals surface area (Å²) in [4.78, 5) is 33.9. The topological polar surface area (TPSA) is 111 Å². The predicted octanol–water partition coefficient (Wildman–Crippen LogP) is 2.58. The van der Waals surface area contributed by atoms with E-state index in [1.165, 1.54) is 42.5 Å². The van der Waals surface area contributed by atoms with E-state index < -0.39 is 29.5 Å². The van der Waals surface area contributed by atoms with Crippen LogP contribution >= 0.6 is 0 Å². The number of carbonyl (C=O) groups is 2. The van der Waals surface area contributed by atoms with Crippen molar-refractivity contribution in [3.05, 3.63) is 69.8 Å². The van der Waals surface area contributed by atoms with Crippen LogP contribution in [-0.4, -0.2) is 36.1 Å². The minimum atomic E-state index is -4.43. The van der Waals surface area contributed by atoms with Crippen LogP contribution in [0.3, 0.4) is 0 Å². The molecule has 2 rings (SSSR count). The van der Waals surface area contributed by atoms with Crippen LogP contribution < -0.4 is 15.4 Å². The van der Waals surface area contributed by atoms with E-state index in [9.17, 15) is 32.9 Å². The van der Waals surface area contributed by atoms with Crippen molar-refractivity contribution < 1.29 is 32.4 Å². The number of hydrogen-bond acceptors (Lipinski definition) is 5. The van der Waals surface area contributed by atoms with E-state index in [1.54, 1.807) is 0 Å². The summed E-state index contributed by atoms with van der Waals surface area (Å²) in [6.45, 7) is -1.66. The molecule has 0 spiro atoms. The van der Waals surface area contributed by atoms with Gasteiger partial charge < -0.3 is 15.4 Å². The minimum absolute atomic E-state index is 0.0430. The van der Waals surface area contributed by atoms with Crippen molar-refractivity contribution in [1.29, 1.82) is 0 Å². The molecule has 0 heterocycles. The number of benzene rings is 2. The van der Waals surface area contributed by atoms with Crippen molar-refractivity contribution >= 4 is 17.5 Å². The van der Waals surface area contributed by atoms with Crippen LogP contribution in [0.5, 0.6) is 5.75 Å². The standard InChI is InChI=1S/C18H16F3N3O5/c19-18(20,21)11-29-15-6-4-12(5-7-15)9-22-16(25)10-23-17(26)13-2-1-3-14(8-13)24(27)28/h1-8H,9-11H2,(H,22,25)(H,23,26). The van der Waals surface area contributed by atoms with Crippen molar-refractivity contribution in [2.75, 3.05) is 13.2 Å². The number of nitrogens with zero attached hydrogens (tertiary/aromatic N) is 1. The Labute approximate surface area is 162 Å². The highest BCUT2D eigenvalue weighted by Gasteiger charge is 2.28. The van der Waals surface area contributed by atoms with E-state index in [4.69, 9.17) is 0 Å². The maximum Gasteiger partial charge on any atom is 0.422 e. The fourth-order valence-electron chi connectivity index (χ4n) is 2.16. The number of halogens is 3. The molecular weight excluding hydrogens is 395 g/mol. The number of nitrogens with one attached hydrogen (secondary N) is 2. The van der Waals surface area contributed by atoms with Gasteiger partial charge in [0.25, 0.3) is 11.6 Å². The van der Waals surface area contributed by atoms with Crippen LogP contribution in [0, 0.1) is 10.1 Å². The molecule has 0 aromatic heterocycles. The molecule has 29 heavy (non-hydrogen) atoms. The third-order valence-corrected chi connectivity index (χ3v) is 3.54. The van der Waals surface area contributed by atoms with Crippen LogP contribution in [0.1, 0.15) is 15.9 Å². The SMILES string of the molecule is O=C(CNC(=O)c1cccc([N+](=O)[O-])c1)NCc1ccc(OCC(F)(F)F)cc1. The second-order valence-electron chi connectivity index (χ2n) is 5.81. The summed E-state index contributed by atoms with van der Waals surface area (Å²) >= 11 is 0. The highest BCUT2D eigenvalue weighted by atomic mass is 19.4. The van der Waals surface area contributed by atoms with Gasteiger partial charge in [0.2, 0.25) is 5.91 Å². The Morgan fingerprint density at radius 2 is 1.76 bits per heavy atom. The maximum absolute atomic E-state index is 12.1. The molecule has 0 atom stereocenters. The quantitative estimate of drug-likeness (QED) is 0.512. The van der Waals surface area contributed by atoms with Gasteiger partial charge in [-0.05, 0) is 23.8 Å². The van der Waals surface area contributed by atoms with Crippen molar-refractivity contribution in [2.45, 2.75) is 12.7 Å². The van der Waals surface area contributed by atoms with Crippen molar-refractivity contribution in [1.82, 2.24) is 10.6 Å². The van der Waals surface area contributed by atoms with Gasteiger partial charge in [-0.2, -0.15) is 13.2 Å². The molecule has 0 saturated heterocycles. The molecule has 0 unspecified atom stereocenters. The first kappa shape index (κ1) is 21.7. The minimum Gasteiger partial charge on any atom is -0.484 e. The molecule has 0 saturated carbocycles. The van der Waals surface area contributed by atoms with Gasteiger partial charge in [-0.25, -0.2) is 0 Å². The molecule has 11 heteroatoms. The molecule has 154 valence electrons. The third kappa shape index (κ3) is 7.48. The van der Waals surface area contributed by atoms with Gasteiger partial charge in [0.1, 0.15) is 5.75 Å². The van der Waals surface area contributed by atoms with Gasteiger partial charge in [0, 0.05) is 24.2 Å². The van der Waals surface area contributed by atoms with Gasteiger partial charge >= 0.3 is 6.18 Å².